The molecule has 0 aliphatic carbocycles. The molecular formula is C9H7MnNO4S. The SMILES string of the molecule is O=S(=O)(O)c1ccc(O)c2ncccc12.[Mn]. The fourth-order valence-electron chi connectivity index (χ4n) is 1.36. The summed E-state index contributed by atoms with van der Waals surface area (Å²) >= 11 is 0. The van der Waals surface area contributed by atoms with Crippen molar-refractivity contribution in [2.24, 2.45) is 0 Å². The Balaban J connectivity index is 0.00000128. The molecule has 0 bridgehead atoms. The topological polar surface area (TPSA) is 87.5 Å². The van der Waals surface area contributed by atoms with Crippen molar-refractivity contribution in [1.82, 2.24) is 4.98 Å². The van der Waals surface area contributed by atoms with Crippen molar-refractivity contribution >= 4 is 21.0 Å². The number of hydrogen-bond donors (Lipinski definition) is 2. The average Bonchev–Trinajstić information content (AvgIpc) is 2.17. The van der Waals surface area contributed by atoms with Crippen LogP contribution in [0.5, 0.6) is 5.75 Å². The predicted molar refractivity (Wildman–Crippen MR) is 53.2 cm³/mol. The van der Waals surface area contributed by atoms with Crippen LogP contribution in [-0.2, 0) is 27.2 Å². The predicted octanol–water partition coefficient (Wildman–Crippen LogP) is 1.18. The first-order chi connectivity index (χ1) is 7.00. The first-order valence-electron chi connectivity index (χ1n) is 4.04. The number of aromatic hydroxyl groups is 1. The van der Waals surface area contributed by atoms with Gasteiger partial charge in [0.1, 0.15) is 16.2 Å². The van der Waals surface area contributed by atoms with Crippen molar-refractivity contribution in [2.75, 3.05) is 0 Å². The van der Waals surface area contributed by atoms with Crippen LogP contribution >= 0.6 is 0 Å². The van der Waals surface area contributed by atoms with Crippen molar-refractivity contribution in [2.45, 2.75) is 4.90 Å². The van der Waals surface area contributed by atoms with Crippen LogP contribution in [0, 0.1) is 0 Å². The van der Waals surface area contributed by atoms with Crippen LogP contribution < -0.4 is 0 Å². The fraction of sp³-hybridized carbons (Fsp3) is 0. The Labute approximate surface area is 102 Å². The second-order valence-corrected chi connectivity index (χ2v) is 4.35. The summed E-state index contributed by atoms with van der Waals surface area (Å²) in [7, 11) is -4.30. The van der Waals surface area contributed by atoms with Gasteiger partial charge < -0.3 is 5.11 Å². The van der Waals surface area contributed by atoms with Crippen LogP contribution in [0.15, 0.2) is 35.4 Å². The smallest absolute Gasteiger partial charge is 0.295 e. The zero-order valence-corrected chi connectivity index (χ0v) is 9.83. The van der Waals surface area contributed by atoms with Gasteiger partial charge in [0.15, 0.2) is 0 Å². The van der Waals surface area contributed by atoms with Gasteiger partial charge in [-0.05, 0) is 24.3 Å². The third kappa shape index (κ3) is 2.17. The van der Waals surface area contributed by atoms with Gasteiger partial charge >= 0.3 is 0 Å². The van der Waals surface area contributed by atoms with E-state index in [0.29, 0.717) is 0 Å². The summed E-state index contributed by atoms with van der Waals surface area (Å²) in [5, 5.41) is 9.62. The Bertz CT molecular complexity index is 626. The van der Waals surface area contributed by atoms with E-state index in [-0.39, 0.29) is 38.6 Å². The number of rotatable bonds is 1. The maximum atomic E-state index is 11.0. The van der Waals surface area contributed by atoms with Crippen molar-refractivity contribution in [3.63, 3.8) is 0 Å². The maximum Gasteiger partial charge on any atom is 0.295 e. The minimum Gasteiger partial charge on any atom is -0.506 e. The molecule has 0 unspecified atom stereocenters. The Morgan fingerprint density at radius 2 is 1.88 bits per heavy atom. The first-order valence-corrected chi connectivity index (χ1v) is 5.48. The summed E-state index contributed by atoms with van der Waals surface area (Å²) in [6.07, 6.45) is 1.43. The van der Waals surface area contributed by atoms with Crippen LogP contribution in [-0.4, -0.2) is 23.1 Å². The van der Waals surface area contributed by atoms with Gasteiger partial charge in [-0.15, -0.1) is 0 Å². The number of phenolic OH excluding ortho intramolecular Hbond substituents is 1. The van der Waals surface area contributed by atoms with E-state index >= 15 is 0 Å². The molecule has 0 fully saturated rings. The van der Waals surface area contributed by atoms with E-state index in [4.69, 9.17) is 4.55 Å². The molecule has 2 rings (SSSR count). The van der Waals surface area contributed by atoms with Gasteiger partial charge in [0, 0.05) is 28.7 Å². The second kappa shape index (κ2) is 4.39. The van der Waals surface area contributed by atoms with E-state index in [1.807, 2.05) is 0 Å². The summed E-state index contributed by atoms with van der Waals surface area (Å²) < 4.78 is 30.9. The molecule has 0 amide bonds. The van der Waals surface area contributed by atoms with Crippen LogP contribution in [0.1, 0.15) is 0 Å². The van der Waals surface area contributed by atoms with Crippen LogP contribution in [0.25, 0.3) is 10.9 Å². The molecule has 0 spiro atoms. The molecule has 7 heteroatoms. The third-order valence-electron chi connectivity index (χ3n) is 1.99. The minimum atomic E-state index is -4.30. The van der Waals surface area contributed by atoms with E-state index in [1.54, 1.807) is 0 Å². The molecule has 0 saturated carbocycles. The van der Waals surface area contributed by atoms with Crippen molar-refractivity contribution < 1.29 is 35.1 Å². The molecule has 2 aromatic rings. The molecule has 85 valence electrons. The molecule has 0 atom stereocenters. The number of benzene rings is 1. The van der Waals surface area contributed by atoms with Crippen molar-refractivity contribution in [3.05, 3.63) is 30.5 Å². The number of aromatic nitrogens is 1. The molecule has 0 aliphatic rings. The quantitative estimate of drug-likeness (QED) is 0.605. The average molecular weight is 280 g/mol. The fourth-order valence-corrected chi connectivity index (χ4v) is 2.04. The summed E-state index contributed by atoms with van der Waals surface area (Å²) in [6, 6.07) is 5.30. The van der Waals surface area contributed by atoms with Crippen molar-refractivity contribution in [3.8, 4) is 5.75 Å². The molecule has 2 N–H and O–H groups in total. The monoisotopic (exact) mass is 280 g/mol. The third-order valence-corrected chi connectivity index (χ3v) is 2.90. The molecule has 0 saturated heterocycles. The molecule has 1 radical (unpaired) electrons. The second-order valence-electron chi connectivity index (χ2n) is 2.96. The zero-order valence-electron chi connectivity index (χ0n) is 7.83. The van der Waals surface area contributed by atoms with Gasteiger partial charge in [0.25, 0.3) is 10.1 Å². The van der Waals surface area contributed by atoms with Crippen molar-refractivity contribution in [1.29, 1.82) is 0 Å². The molecule has 0 aliphatic heterocycles. The molecule has 5 nitrogen and oxygen atoms in total. The summed E-state index contributed by atoms with van der Waals surface area (Å²) in [6.45, 7) is 0. The summed E-state index contributed by atoms with van der Waals surface area (Å²) in [4.78, 5) is 3.57. The van der Waals surface area contributed by atoms with Gasteiger partial charge in [0.2, 0.25) is 0 Å². The number of phenols is 1. The number of hydrogen-bond acceptors (Lipinski definition) is 4. The van der Waals surface area contributed by atoms with Crippen LogP contribution in [0.3, 0.4) is 0 Å². The summed E-state index contributed by atoms with van der Waals surface area (Å²) in [5.41, 5.74) is 0.146. The Kier molecular flexibility index (Phi) is 3.54. The van der Waals surface area contributed by atoms with E-state index in [1.165, 1.54) is 24.4 Å². The Morgan fingerprint density at radius 3 is 2.50 bits per heavy atom. The zero-order chi connectivity index (χ0) is 11.1. The van der Waals surface area contributed by atoms with Crippen LogP contribution in [0.2, 0.25) is 0 Å². The number of nitrogens with zero attached hydrogens (tertiary/aromatic N) is 1. The summed E-state index contributed by atoms with van der Waals surface area (Å²) in [5.74, 6) is -0.127. The molecule has 16 heavy (non-hydrogen) atoms. The molecule has 1 aromatic heterocycles. The van der Waals surface area contributed by atoms with Gasteiger partial charge in [-0.25, -0.2) is 0 Å². The molecular weight excluding hydrogens is 273 g/mol. The van der Waals surface area contributed by atoms with Gasteiger partial charge in [-0.2, -0.15) is 8.42 Å². The van der Waals surface area contributed by atoms with E-state index in [0.717, 1.165) is 6.07 Å². The molecule has 1 aromatic carbocycles. The van der Waals surface area contributed by atoms with Gasteiger partial charge in [-0.3, -0.25) is 9.54 Å². The van der Waals surface area contributed by atoms with Crippen LogP contribution in [0.4, 0.5) is 0 Å². The minimum absolute atomic E-state index is 0. The van der Waals surface area contributed by atoms with E-state index in [2.05, 4.69) is 4.98 Å². The van der Waals surface area contributed by atoms with E-state index in [9.17, 15) is 13.5 Å². The van der Waals surface area contributed by atoms with Gasteiger partial charge in [-0.1, -0.05) is 0 Å². The Morgan fingerprint density at radius 1 is 1.19 bits per heavy atom. The number of fused-ring (bicyclic) bond motifs is 1. The first kappa shape index (κ1) is 12.9. The van der Waals surface area contributed by atoms with Gasteiger partial charge in [0.05, 0.1) is 0 Å². The standard InChI is InChI=1S/C9H7NO4S.Mn/c11-7-3-4-8(15(12,13)14)6-2-1-5-10-9(6)7;/h1-5,11H,(H,12,13,14);. The maximum absolute atomic E-state index is 11.0. The Hall–Kier alpha value is -1.14. The largest absolute Gasteiger partial charge is 0.506 e. The van der Waals surface area contributed by atoms with E-state index < -0.39 is 10.1 Å². The number of pyridine rings is 1. The molecule has 1 heterocycles. The normalized spacial score (nSPS) is 11.1.